The van der Waals surface area contributed by atoms with Crippen molar-refractivity contribution in [2.24, 2.45) is 5.73 Å². The van der Waals surface area contributed by atoms with Crippen molar-refractivity contribution in [1.82, 2.24) is 15.1 Å². The van der Waals surface area contributed by atoms with Gasteiger partial charge in [0.1, 0.15) is 0 Å². The highest BCUT2D eigenvalue weighted by atomic mass is 33.1. The molecule has 2 unspecified atom stereocenters. The number of rotatable bonds is 14. The summed E-state index contributed by atoms with van der Waals surface area (Å²) in [6.07, 6.45) is 0.552. The third kappa shape index (κ3) is 9.89. The monoisotopic (exact) mass is 458 g/mol. The molecule has 0 aliphatic carbocycles. The van der Waals surface area contributed by atoms with E-state index in [0.717, 1.165) is 36.3 Å². The molecule has 0 saturated carbocycles. The third-order valence-electron chi connectivity index (χ3n) is 3.23. The number of amides is 4. The number of aliphatic hydroxyl groups is 2. The summed E-state index contributed by atoms with van der Waals surface area (Å²) in [5, 5.41) is 21.9. The van der Waals surface area contributed by atoms with Crippen molar-refractivity contribution in [2.45, 2.75) is 12.5 Å². The van der Waals surface area contributed by atoms with Crippen molar-refractivity contribution in [3.05, 3.63) is 50.2 Å². The molecule has 0 aromatic heterocycles. The van der Waals surface area contributed by atoms with Crippen LogP contribution in [0.15, 0.2) is 50.2 Å². The standard InChI is InChI=1S/C18H26N4O6S2/c1-4-13(23)20-17(27)18(28)22(15(25)6-3)16(26)7-9-21(14(24)5-2)10-12-30-29-11-8-19/h4-7,9,17-18,27-28H,1-3,8,10-12,19H2,(H,20,23). The average Bonchev–Trinajstić information content (AvgIpc) is 2.74. The van der Waals surface area contributed by atoms with Crippen LogP contribution < -0.4 is 11.1 Å². The first-order chi connectivity index (χ1) is 14.2. The van der Waals surface area contributed by atoms with Gasteiger partial charge >= 0.3 is 0 Å². The molecule has 166 valence electrons. The van der Waals surface area contributed by atoms with E-state index in [2.05, 4.69) is 19.7 Å². The molecule has 0 bridgehead atoms. The van der Waals surface area contributed by atoms with Crippen LogP contribution in [0.3, 0.4) is 0 Å². The van der Waals surface area contributed by atoms with Crippen LogP contribution in [0.1, 0.15) is 0 Å². The number of nitrogens with zero attached hydrogens (tertiary/aromatic N) is 2. The second-order valence-electron chi connectivity index (χ2n) is 5.31. The van der Waals surface area contributed by atoms with Gasteiger partial charge in [-0.15, -0.1) is 0 Å². The number of nitrogens with two attached hydrogens (primary N) is 1. The minimum absolute atomic E-state index is 0.243. The number of carbonyl (C=O) groups is 4. The molecule has 4 amide bonds. The molecule has 12 heteroatoms. The van der Waals surface area contributed by atoms with E-state index in [4.69, 9.17) is 5.73 Å². The maximum absolute atomic E-state index is 12.5. The lowest BCUT2D eigenvalue weighted by atomic mass is 10.3. The lowest BCUT2D eigenvalue weighted by Crippen LogP contribution is -2.55. The number of aliphatic hydroxyl groups excluding tert-OH is 2. The Morgan fingerprint density at radius 2 is 1.57 bits per heavy atom. The molecule has 2 atom stereocenters. The van der Waals surface area contributed by atoms with E-state index in [9.17, 15) is 29.4 Å². The van der Waals surface area contributed by atoms with E-state index in [1.54, 1.807) is 0 Å². The Hall–Kier alpha value is -2.38. The molecule has 0 rings (SSSR count). The van der Waals surface area contributed by atoms with Crippen molar-refractivity contribution in [1.29, 1.82) is 0 Å². The summed E-state index contributed by atoms with van der Waals surface area (Å²) in [6.45, 7) is 10.6. The van der Waals surface area contributed by atoms with Crippen LogP contribution in [0, 0.1) is 0 Å². The summed E-state index contributed by atoms with van der Waals surface area (Å²) >= 11 is 0. The van der Waals surface area contributed by atoms with E-state index in [1.165, 1.54) is 26.5 Å². The van der Waals surface area contributed by atoms with Gasteiger partial charge in [0.25, 0.3) is 11.8 Å². The Labute approximate surface area is 182 Å². The molecule has 0 saturated heterocycles. The van der Waals surface area contributed by atoms with Crippen molar-refractivity contribution >= 4 is 45.2 Å². The molecule has 0 aromatic carbocycles. The Morgan fingerprint density at radius 1 is 0.967 bits per heavy atom. The number of carbonyl (C=O) groups excluding carboxylic acids is 4. The number of nitrogens with one attached hydrogen (secondary N) is 1. The topological polar surface area (TPSA) is 153 Å². The molecule has 0 fully saturated rings. The predicted molar refractivity (Wildman–Crippen MR) is 117 cm³/mol. The quantitative estimate of drug-likeness (QED) is 0.115. The van der Waals surface area contributed by atoms with Gasteiger partial charge in [0, 0.05) is 36.9 Å². The summed E-state index contributed by atoms with van der Waals surface area (Å²) in [4.78, 5) is 49.2. The van der Waals surface area contributed by atoms with Crippen LogP contribution in [-0.4, -0.2) is 80.7 Å². The van der Waals surface area contributed by atoms with Gasteiger partial charge in [-0.2, -0.15) is 0 Å². The van der Waals surface area contributed by atoms with Gasteiger partial charge in [0.15, 0.2) is 12.5 Å². The van der Waals surface area contributed by atoms with Crippen molar-refractivity contribution in [3.8, 4) is 0 Å². The Kier molecular flexibility index (Phi) is 14.2. The fourth-order valence-electron chi connectivity index (χ4n) is 1.80. The van der Waals surface area contributed by atoms with Crippen LogP contribution >= 0.6 is 21.6 Å². The molecule has 0 aliphatic rings. The zero-order valence-corrected chi connectivity index (χ0v) is 17.9. The molecular weight excluding hydrogens is 432 g/mol. The van der Waals surface area contributed by atoms with Gasteiger partial charge in [0.2, 0.25) is 11.8 Å². The normalized spacial score (nSPS) is 12.5. The molecule has 0 heterocycles. The van der Waals surface area contributed by atoms with Crippen LogP contribution in [-0.2, 0) is 19.2 Å². The summed E-state index contributed by atoms with van der Waals surface area (Å²) in [5.74, 6) is -2.11. The summed E-state index contributed by atoms with van der Waals surface area (Å²) in [7, 11) is 3.03. The highest BCUT2D eigenvalue weighted by molar-refractivity contribution is 8.76. The van der Waals surface area contributed by atoms with E-state index in [-0.39, 0.29) is 11.4 Å². The molecule has 0 aliphatic heterocycles. The fraction of sp³-hybridized carbons (Fsp3) is 0.333. The van der Waals surface area contributed by atoms with Gasteiger partial charge in [-0.25, -0.2) is 4.90 Å². The number of hydrogen-bond donors (Lipinski definition) is 4. The number of imide groups is 1. The lowest BCUT2D eigenvalue weighted by molar-refractivity contribution is -0.162. The lowest BCUT2D eigenvalue weighted by Gasteiger charge is -2.28. The highest BCUT2D eigenvalue weighted by Gasteiger charge is 2.31. The molecule has 0 aromatic rings. The van der Waals surface area contributed by atoms with Crippen molar-refractivity contribution < 1.29 is 29.4 Å². The molecule has 10 nitrogen and oxygen atoms in total. The molecule has 5 N–H and O–H groups in total. The fourth-order valence-corrected chi connectivity index (χ4v) is 3.62. The van der Waals surface area contributed by atoms with Crippen LogP contribution in [0.5, 0.6) is 0 Å². The average molecular weight is 459 g/mol. The summed E-state index contributed by atoms with van der Waals surface area (Å²) in [5.41, 5.74) is 5.40. The zero-order valence-electron chi connectivity index (χ0n) is 16.3. The van der Waals surface area contributed by atoms with Crippen LogP contribution in [0.25, 0.3) is 0 Å². The SMILES string of the molecule is C=CC(=O)NC(O)C(O)N(C(=O)C=C)C(=O)C=CN(CCSSCCN)C(=O)C=C. The Morgan fingerprint density at radius 3 is 2.10 bits per heavy atom. The van der Waals surface area contributed by atoms with Gasteiger partial charge in [-0.1, -0.05) is 41.3 Å². The molecular formula is C18H26N4O6S2. The van der Waals surface area contributed by atoms with Gasteiger partial charge in [-0.05, 0) is 18.2 Å². The summed E-state index contributed by atoms with van der Waals surface area (Å²) in [6, 6.07) is 0. The molecule has 30 heavy (non-hydrogen) atoms. The van der Waals surface area contributed by atoms with E-state index < -0.39 is 36.1 Å². The smallest absolute Gasteiger partial charge is 0.257 e. The highest BCUT2D eigenvalue weighted by Crippen LogP contribution is 2.20. The predicted octanol–water partition coefficient (Wildman–Crippen LogP) is -0.665. The minimum atomic E-state index is -2.11. The first-order valence-electron chi connectivity index (χ1n) is 8.57. The zero-order chi connectivity index (χ0) is 23.1. The summed E-state index contributed by atoms with van der Waals surface area (Å²) < 4.78 is 0. The Balaban J connectivity index is 5.33. The maximum atomic E-state index is 12.5. The second kappa shape index (κ2) is 15.5. The van der Waals surface area contributed by atoms with Crippen molar-refractivity contribution in [3.63, 3.8) is 0 Å². The van der Waals surface area contributed by atoms with Crippen molar-refractivity contribution in [2.75, 3.05) is 24.6 Å². The first-order valence-corrected chi connectivity index (χ1v) is 11.1. The van der Waals surface area contributed by atoms with E-state index >= 15 is 0 Å². The van der Waals surface area contributed by atoms with Gasteiger partial charge in [-0.3, -0.25) is 19.2 Å². The Bertz CT molecular complexity index is 686. The third-order valence-corrected chi connectivity index (χ3v) is 5.65. The van der Waals surface area contributed by atoms with Gasteiger partial charge in [0.05, 0.1) is 0 Å². The van der Waals surface area contributed by atoms with E-state index in [1.807, 2.05) is 5.32 Å². The van der Waals surface area contributed by atoms with E-state index in [0.29, 0.717) is 12.3 Å². The van der Waals surface area contributed by atoms with Crippen LogP contribution in [0.4, 0.5) is 0 Å². The van der Waals surface area contributed by atoms with Gasteiger partial charge < -0.3 is 26.2 Å². The molecule has 0 radical (unpaired) electrons. The molecule has 0 spiro atoms. The van der Waals surface area contributed by atoms with Crippen LogP contribution in [0.2, 0.25) is 0 Å². The first kappa shape index (κ1) is 27.6. The largest absolute Gasteiger partial charge is 0.369 e. The number of hydrogen-bond acceptors (Lipinski definition) is 9. The maximum Gasteiger partial charge on any atom is 0.257 e. The second-order valence-corrected chi connectivity index (χ2v) is 8.01. The minimum Gasteiger partial charge on any atom is -0.369 e.